The van der Waals surface area contributed by atoms with E-state index >= 15 is 0 Å². The van der Waals surface area contributed by atoms with E-state index in [9.17, 15) is 17.6 Å². The van der Waals surface area contributed by atoms with Gasteiger partial charge in [-0.05, 0) is 60.7 Å². The second kappa shape index (κ2) is 10.7. The summed E-state index contributed by atoms with van der Waals surface area (Å²) in [6, 6.07) is 16.7. The first-order valence-electron chi connectivity index (χ1n) is 9.36. The zero-order valence-corrected chi connectivity index (χ0v) is 19.4. The minimum absolute atomic E-state index is 0.0508. The molecule has 10 heteroatoms. The number of rotatable bonds is 9. The van der Waals surface area contributed by atoms with Crippen molar-refractivity contribution in [3.63, 3.8) is 0 Å². The number of ether oxygens (including phenoxy) is 1. The lowest BCUT2D eigenvalue weighted by atomic mass is 10.2. The van der Waals surface area contributed by atoms with E-state index in [1.54, 1.807) is 30.3 Å². The van der Waals surface area contributed by atoms with Crippen LogP contribution >= 0.6 is 23.4 Å². The quantitative estimate of drug-likeness (QED) is 0.429. The van der Waals surface area contributed by atoms with Crippen LogP contribution in [0.4, 0.5) is 15.8 Å². The van der Waals surface area contributed by atoms with Crippen LogP contribution < -0.4 is 14.8 Å². The molecule has 3 rings (SSSR count). The Morgan fingerprint density at radius 3 is 2.31 bits per heavy atom. The first-order chi connectivity index (χ1) is 15.3. The van der Waals surface area contributed by atoms with Crippen LogP contribution in [0.2, 0.25) is 5.02 Å². The number of carbonyl (C=O) groups is 1. The number of amides is 1. The number of methoxy groups -OCH3 is 1. The van der Waals surface area contributed by atoms with Gasteiger partial charge in [0.2, 0.25) is 5.91 Å². The van der Waals surface area contributed by atoms with Gasteiger partial charge in [0.15, 0.2) is 0 Å². The molecule has 0 aliphatic carbocycles. The SMILES string of the molecule is COc1ccc(NS(=O)(=O)c2ccc(NC(=O)CSCc3c(F)cccc3Cl)cc2)cc1. The van der Waals surface area contributed by atoms with Gasteiger partial charge in [0.05, 0.1) is 17.8 Å². The molecule has 0 heterocycles. The number of carbonyl (C=O) groups excluding carboxylic acids is 1. The van der Waals surface area contributed by atoms with E-state index in [0.717, 1.165) is 0 Å². The molecule has 3 aromatic rings. The largest absolute Gasteiger partial charge is 0.497 e. The number of sulfonamides is 1. The fourth-order valence-corrected chi connectivity index (χ4v) is 4.93. The number of hydrogen-bond donors (Lipinski definition) is 2. The number of anilines is 2. The third-order valence-corrected chi connectivity index (χ3v) is 7.04. The Kier molecular flexibility index (Phi) is 8.00. The lowest BCUT2D eigenvalue weighted by molar-refractivity contribution is -0.113. The topological polar surface area (TPSA) is 84.5 Å². The van der Waals surface area contributed by atoms with Crippen molar-refractivity contribution in [2.24, 2.45) is 0 Å². The van der Waals surface area contributed by atoms with Crippen LogP contribution in [-0.2, 0) is 20.6 Å². The van der Waals surface area contributed by atoms with E-state index in [1.165, 1.54) is 55.3 Å². The fraction of sp³-hybridized carbons (Fsp3) is 0.136. The lowest BCUT2D eigenvalue weighted by Crippen LogP contribution is -2.15. The minimum atomic E-state index is -3.79. The van der Waals surface area contributed by atoms with E-state index in [4.69, 9.17) is 16.3 Å². The van der Waals surface area contributed by atoms with Gasteiger partial charge in [0.1, 0.15) is 11.6 Å². The third-order valence-electron chi connectivity index (χ3n) is 4.33. The van der Waals surface area contributed by atoms with Crippen LogP contribution in [0.1, 0.15) is 5.56 Å². The third kappa shape index (κ3) is 6.38. The molecule has 0 radical (unpaired) electrons. The molecule has 0 spiro atoms. The van der Waals surface area contributed by atoms with E-state index in [0.29, 0.717) is 27.7 Å². The highest BCUT2D eigenvalue weighted by atomic mass is 35.5. The summed E-state index contributed by atoms with van der Waals surface area (Å²) >= 11 is 7.20. The molecule has 3 aromatic carbocycles. The predicted molar refractivity (Wildman–Crippen MR) is 126 cm³/mol. The van der Waals surface area contributed by atoms with Crippen molar-refractivity contribution in [1.82, 2.24) is 0 Å². The normalized spacial score (nSPS) is 11.1. The van der Waals surface area contributed by atoms with Crippen LogP contribution in [0.25, 0.3) is 0 Å². The Morgan fingerprint density at radius 2 is 1.69 bits per heavy atom. The highest BCUT2D eigenvalue weighted by Crippen LogP contribution is 2.24. The first kappa shape index (κ1) is 23.9. The van der Waals surface area contributed by atoms with Crippen molar-refractivity contribution < 1.29 is 22.3 Å². The number of thioether (sulfide) groups is 1. The molecule has 0 saturated carbocycles. The molecule has 168 valence electrons. The van der Waals surface area contributed by atoms with Crippen LogP contribution in [0.5, 0.6) is 5.75 Å². The minimum Gasteiger partial charge on any atom is -0.497 e. The van der Waals surface area contributed by atoms with Crippen LogP contribution in [0, 0.1) is 5.82 Å². The van der Waals surface area contributed by atoms with Gasteiger partial charge in [-0.15, -0.1) is 11.8 Å². The summed E-state index contributed by atoms with van der Waals surface area (Å²) in [6.45, 7) is 0. The maximum Gasteiger partial charge on any atom is 0.261 e. The van der Waals surface area contributed by atoms with Gasteiger partial charge in [-0.1, -0.05) is 17.7 Å². The summed E-state index contributed by atoms with van der Waals surface area (Å²) in [4.78, 5) is 12.2. The van der Waals surface area contributed by atoms with Crippen LogP contribution in [0.15, 0.2) is 71.6 Å². The zero-order chi connectivity index (χ0) is 23.1. The molecule has 0 aromatic heterocycles. The molecule has 0 aliphatic rings. The Bertz CT molecular complexity index is 1170. The van der Waals surface area contributed by atoms with Gasteiger partial charge in [-0.2, -0.15) is 0 Å². The maximum absolute atomic E-state index is 13.8. The average molecular weight is 495 g/mol. The molecule has 2 N–H and O–H groups in total. The Hall–Kier alpha value is -2.75. The van der Waals surface area contributed by atoms with E-state index in [1.807, 2.05) is 0 Å². The standard InChI is InChI=1S/C22H20ClFN2O4S2/c1-30-17-9-5-16(6-10-17)26-32(28,29)18-11-7-15(8-12-18)25-22(27)14-31-13-19-20(23)3-2-4-21(19)24/h2-12,26H,13-14H2,1H3,(H,25,27). The Labute approximate surface area is 195 Å². The van der Waals surface area contributed by atoms with Crippen LogP contribution in [0.3, 0.4) is 0 Å². The van der Waals surface area contributed by atoms with E-state index in [2.05, 4.69) is 10.0 Å². The van der Waals surface area contributed by atoms with Gasteiger partial charge >= 0.3 is 0 Å². The number of benzene rings is 3. The lowest BCUT2D eigenvalue weighted by Gasteiger charge is -2.10. The van der Waals surface area contributed by atoms with Gasteiger partial charge in [-0.25, -0.2) is 12.8 Å². The second-order valence-corrected chi connectivity index (χ2v) is 9.67. The molecule has 0 aliphatic heterocycles. The number of halogens is 2. The summed E-state index contributed by atoms with van der Waals surface area (Å²) in [5, 5.41) is 3.00. The highest BCUT2D eigenvalue weighted by Gasteiger charge is 2.15. The molecule has 1 amide bonds. The summed E-state index contributed by atoms with van der Waals surface area (Å²) in [5.41, 5.74) is 1.20. The van der Waals surface area contributed by atoms with Crippen molar-refractivity contribution in [3.05, 3.63) is 83.1 Å². The number of hydrogen-bond acceptors (Lipinski definition) is 5. The van der Waals surface area contributed by atoms with Gasteiger partial charge in [0.25, 0.3) is 10.0 Å². The van der Waals surface area contributed by atoms with E-state index < -0.39 is 15.8 Å². The second-order valence-electron chi connectivity index (χ2n) is 6.60. The van der Waals surface area contributed by atoms with Crippen molar-refractivity contribution >= 4 is 50.7 Å². The molecule has 0 fully saturated rings. The number of nitrogens with one attached hydrogen (secondary N) is 2. The van der Waals surface area contributed by atoms with Crippen molar-refractivity contribution in [3.8, 4) is 5.75 Å². The molecular formula is C22H20ClFN2O4S2. The highest BCUT2D eigenvalue weighted by molar-refractivity contribution is 7.99. The maximum atomic E-state index is 13.8. The molecule has 0 unspecified atom stereocenters. The van der Waals surface area contributed by atoms with Gasteiger partial charge in [-0.3, -0.25) is 9.52 Å². The Morgan fingerprint density at radius 1 is 1.03 bits per heavy atom. The van der Waals surface area contributed by atoms with E-state index in [-0.39, 0.29) is 22.3 Å². The molecule has 0 bridgehead atoms. The molecular weight excluding hydrogens is 475 g/mol. The summed E-state index contributed by atoms with van der Waals surface area (Å²) < 4.78 is 46.4. The van der Waals surface area contributed by atoms with Crippen molar-refractivity contribution in [2.45, 2.75) is 10.6 Å². The summed E-state index contributed by atoms with van der Waals surface area (Å²) in [5.74, 6) is 0.250. The van der Waals surface area contributed by atoms with Crippen molar-refractivity contribution in [2.75, 3.05) is 22.9 Å². The van der Waals surface area contributed by atoms with Gasteiger partial charge < -0.3 is 10.1 Å². The summed E-state index contributed by atoms with van der Waals surface area (Å²) in [6.07, 6.45) is 0. The first-order valence-corrected chi connectivity index (χ1v) is 12.4. The average Bonchev–Trinajstić information content (AvgIpc) is 2.76. The monoisotopic (exact) mass is 494 g/mol. The predicted octanol–water partition coefficient (Wildman–Crippen LogP) is 5.16. The molecule has 32 heavy (non-hydrogen) atoms. The summed E-state index contributed by atoms with van der Waals surface area (Å²) in [7, 11) is -2.26. The molecule has 0 atom stereocenters. The smallest absolute Gasteiger partial charge is 0.261 e. The zero-order valence-electron chi connectivity index (χ0n) is 17.0. The fourth-order valence-electron chi connectivity index (χ4n) is 2.70. The van der Waals surface area contributed by atoms with Gasteiger partial charge in [0, 0.05) is 27.7 Å². The van der Waals surface area contributed by atoms with Crippen LogP contribution in [-0.4, -0.2) is 27.2 Å². The van der Waals surface area contributed by atoms with Crippen molar-refractivity contribution in [1.29, 1.82) is 0 Å². The molecule has 0 saturated heterocycles. The Balaban J connectivity index is 1.54. The molecule has 6 nitrogen and oxygen atoms in total.